The van der Waals surface area contributed by atoms with Gasteiger partial charge in [-0.1, -0.05) is 11.6 Å². The van der Waals surface area contributed by atoms with Crippen molar-refractivity contribution in [2.24, 2.45) is 0 Å². The van der Waals surface area contributed by atoms with Crippen LogP contribution in [0.15, 0.2) is 18.2 Å². The van der Waals surface area contributed by atoms with E-state index in [9.17, 15) is 0 Å². The third kappa shape index (κ3) is 1.98. The molecule has 0 unspecified atom stereocenters. The molecule has 2 nitrogen and oxygen atoms in total. The maximum atomic E-state index is 7.10. The van der Waals surface area contributed by atoms with Crippen molar-refractivity contribution in [1.82, 2.24) is 0 Å². The van der Waals surface area contributed by atoms with E-state index in [4.69, 9.17) is 21.7 Å². The maximum Gasteiger partial charge on any atom is 0.128 e. The predicted molar refractivity (Wildman–Crippen MR) is 50.5 cm³/mol. The molecule has 0 atom stereocenters. The number of ether oxygens (including phenoxy) is 1. The quantitative estimate of drug-likeness (QED) is 0.719. The molecule has 0 aliphatic heterocycles. The molecule has 1 aromatic rings. The number of hydrogen-bond acceptors (Lipinski definition) is 2. The van der Waals surface area contributed by atoms with Crippen LogP contribution in [0.1, 0.15) is 12.5 Å². The third-order valence-corrected chi connectivity index (χ3v) is 1.66. The van der Waals surface area contributed by atoms with E-state index in [2.05, 4.69) is 0 Å². The molecule has 0 saturated carbocycles. The number of benzene rings is 1. The summed E-state index contributed by atoms with van der Waals surface area (Å²) in [6, 6.07) is 5.23. The molecule has 0 heterocycles. The molecule has 0 radical (unpaired) electrons. The van der Waals surface area contributed by atoms with Gasteiger partial charge in [-0.3, -0.25) is 0 Å². The first-order chi connectivity index (χ1) is 5.77. The van der Waals surface area contributed by atoms with Gasteiger partial charge >= 0.3 is 0 Å². The average molecular weight is 184 g/mol. The summed E-state index contributed by atoms with van der Waals surface area (Å²) in [4.78, 5) is 0. The first-order valence-corrected chi connectivity index (χ1v) is 4.08. The second-order valence-electron chi connectivity index (χ2n) is 2.26. The lowest BCUT2D eigenvalue weighted by atomic mass is 10.2. The lowest BCUT2D eigenvalue weighted by Gasteiger charge is -2.05. The first-order valence-electron chi connectivity index (χ1n) is 3.70. The van der Waals surface area contributed by atoms with Crippen LogP contribution < -0.4 is 4.74 Å². The Morgan fingerprint density at radius 3 is 2.92 bits per heavy atom. The Labute approximate surface area is 76.6 Å². The molecule has 0 aliphatic carbocycles. The van der Waals surface area contributed by atoms with Crippen LogP contribution in [0.25, 0.3) is 0 Å². The highest BCUT2D eigenvalue weighted by Gasteiger charge is 2.00. The number of halogens is 1. The van der Waals surface area contributed by atoms with Gasteiger partial charge in [0.05, 0.1) is 6.61 Å². The molecule has 12 heavy (non-hydrogen) atoms. The van der Waals surface area contributed by atoms with Gasteiger partial charge in [0.25, 0.3) is 0 Å². The second kappa shape index (κ2) is 4.12. The lowest BCUT2D eigenvalue weighted by Crippen LogP contribution is -1.95. The molecule has 0 aliphatic rings. The van der Waals surface area contributed by atoms with Crippen LogP contribution in [0.2, 0.25) is 5.02 Å². The Bertz CT molecular complexity index is 286. The summed E-state index contributed by atoms with van der Waals surface area (Å²) in [5.74, 6) is 0.705. The molecule has 0 fully saturated rings. The molecule has 0 amide bonds. The fourth-order valence-electron chi connectivity index (χ4n) is 0.919. The Morgan fingerprint density at radius 2 is 2.33 bits per heavy atom. The summed E-state index contributed by atoms with van der Waals surface area (Å²) >= 11 is 5.74. The molecule has 0 spiro atoms. The van der Waals surface area contributed by atoms with Gasteiger partial charge in [-0.25, -0.2) is 0 Å². The van der Waals surface area contributed by atoms with E-state index in [1.54, 1.807) is 18.2 Å². The minimum atomic E-state index is 0.600. The van der Waals surface area contributed by atoms with Crippen molar-refractivity contribution < 1.29 is 4.74 Å². The number of hydrogen-bond donors (Lipinski definition) is 1. The summed E-state index contributed by atoms with van der Waals surface area (Å²) < 4.78 is 5.27. The van der Waals surface area contributed by atoms with E-state index in [1.807, 2.05) is 6.92 Å². The summed E-state index contributed by atoms with van der Waals surface area (Å²) in [5.41, 5.74) is 0.712. The largest absolute Gasteiger partial charge is 0.493 e. The molecule has 3 heteroatoms. The van der Waals surface area contributed by atoms with E-state index in [0.717, 1.165) is 0 Å². The molecule has 1 rings (SSSR count). The zero-order chi connectivity index (χ0) is 8.97. The van der Waals surface area contributed by atoms with Crippen LogP contribution in [0.4, 0.5) is 0 Å². The van der Waals surface area contributed by atoms with Crippen LogP contribution in [0.3, 0.4) is 0 Å². The van der Waals surface area contributed by atoms with E-state index in [0.29, 0.717) is 22.9 Å². The van der Waals surface area contributed by atoms with Crippen molar-refractivity contribution >= 4 is 17.8 Å². The van der Waals surface area contributed by atoms with Crippen LogP contribution >= 0.6 is 11.6 Å². The zero-order valence-electron chi connectivity index (χ0n) is 6.80. The van der Waals surface area contributed by atoms with Gasteiger partial charge in [-0.05, 0) is 25.1 Å². The SMILES string of the molecule is CCOc1ccc(Cl)cc1C=N. The van der Waals surface area contributed by atoms with Gasteiger partial charge in [0.15, 0.2) is 0 Å². The minimum Gasteiger partial charge on any atom is -0.493 e. The molecular formula is C9H10ClNO. The predicted octanol–water partition coefficient (Wildman–Crippen LogP) is 2.74. The molecular weight excluding hydrogens is 174 g/mol. The summed E-state index contributed by atoms with van der Waals surface area (Å²) in [6.07, 6.45) is 1.23. The van der Waals surface area contributed by atoms with Gasteiger partial charge in [-0.2, -0.15) is 0 Å². The van der Waals surface area contributed by atoms with Gasteiger partial charge < -0.3 is 10.1 Å². The number of rotatable bonds is 3. The number of nitrogens with one attached hydrogen (secondary N) is 1. The van der Waals surface area contributed by atoms with E-state index in [1.165, 1.54) is 6.21 Å². The van der Waals surface area contributed by atoms with E-state index in [-0.39, 0.29) is 0 Å². The summed E-state index contributed by atoms with van der Waals surface area (Å²) in [5, 5.41) is 7.72. The van der Waals surface area contributed by atoms with E-state index >= 15 is 0 Å². The topological polar surface area (TPSA) is 33.1 Å². The Balaban J connectivity index is 3.02. The average Bonchev–Trinajstić information content (AvgIpc) is 2.08. The highest BCUT2D eigenvalue weighted by molar-refractivity contribution is 6.30. The van der Waals surface area contributed by atoms with Crippen LogP contribution in [-0.4, -0.2) is 12.8 Å². The van der Waals surface area contributed by atoms with Gasteiger partial charge in [0, 0.05) is 16.8 Å². The fraction of sp³-hybridized carbons (Fsp3) is 0.222. The van der Waals surface area contributed by atoms with Gasteiger partial charge in [0.1, 0.15) is 5.75 Å². The minimum absolute atomic E-state index is 0.600. The highest BCUT2D eigenvalue weighted by Crippen LogP contribution is 2.20. The maximum absolute atomic E-state index is 7.10. The van der Waals surface area contributed by atoms with Crippen molar-refractivity contribution in [3.05, 3.63) is 28.8 Å². The van der Waals surface area contributed by atoms with Crippen molar-refractivity contribution in [1.29, 1.82) is 5.41 Å². The van der Waals surface area contributed by atoms with Crippen LogP contribution in [0, 0.1) is 5.41 Å². The molecule has 0 aromatic heterocycles. The molecule has 64 valence electrons. The zero-order valence-corrected chi connectivity index (χ0v) is 7.56. The monoisotopic (exact) mass is 183 g/mol. The van der Waals surface area contributed by atoms with Crippen molar-refractivity contribution in [3.63, 3.8) is 0 Å². The highest BCUT2D eigenvalue weighted by atomic mass is 35.5. The van der Waals surface area contributed by atoms with Crippen LogP contribution in [-0.2, 0) is 0 Å². The summed E-state index contributed by atoms with van der Waals surface area (Å²) in [6.45, 7) is 2.50. The van der Waals surface area contributed by atoms with Crippen molar-refractivity contribution in [2.75, 3.05) is 6.61 Å². The van der Waals surface area contributed by atoms with Gasteiger partial charge in [-0.15, -0.1) is 0 Å². The van der Waals surface area contributed by atoms with Crippen LogP contribution in [0.5, 0.6) is 5.75 Å². The molecule has 1 N–H and O–H groups in total. The fourth-order valence-corrected chi connectivity index (χ4v) is 1.10. The second-order valence-corrected chi connectivity index (χ2v) is 2.70. The molecule has 0 bridgehead atoms. The lowest BCUT2D eigenvalue weighted by molar-refractivity contribution is 0.340. The third-order valence-electron chi connectivity index (χ3n) is 1.43. The van der Waals surface area contributed by atoms with Gasteiger partial charge in [0.2, 0.25) is 0 Å². The molecule has 0 saturated heterocycles. The molecule has 1 aromatic carbocycles. The van der Waals surface area contributed by atoms with E-state index < -0.39 is 0 Å². The first kappa shape index (κ1) is 9.07. The smallest absolute Gasteiger partial charge is 0.128 e. The standard InChI is InChI=1S/C9H10ClNO/c1-2-12-9-4-3-8(10)5-7(9)6-11/h3-6,11H,2H2,1H3. The summed E-state index contributed by atoms with van der Waals surface area (Å²) in [7, 11) is 0. The Hall–Kier alpha value is -1.02. The Kier molecular flexibility index (Phi) is 3.11. The Morgan fingerprint density at radius 1 is 1.58 bits per heavy atom. The van der Waals surface area contributed by atoms with Crippen molar-refractivity contribution in [2.45, 2.75) is 6.92 Å². The van der Waals surface area contributed by atoms with Crippen molar-refractivity contribution in [3.8, 4) is 5.75 Å². The normalized spacial score (nSPS) is 9.50.